The van der Waals surface area contributed by atoms with Crippen LogP contribution in [0.25, 0.3) is 34.6 Å². The van der Waals surface area contributed by atoms with E-state index in [0.29, 0.717) is 11.8 Å². The Bertz CT molecular complexity index is 2370. The van der Waals surface area contributed by atoms with Crippen molar-refractivity contribution in [1.29, 1.82) is 0 Å². The van der Waals surface area contributed by atoms with Crippen molar-refractivity contribution >= 4 is 40.3 Å². The van der Waals surface area contributed by atoms with Crippen LogP contribution in [-0.2, 0) is 0 Å². The Kier molecular flexibility index (Phi) is 10.9. The molecule has 0 heterocycles. The van der Waals surface area contributed by atoms with Crippen LogP contribution in [0.1, 0.15) is 115 Å². The van der Waals surface area contributed by atoms with Gasteiger partial charge in [0.15, 0.2) is 0 Å². The lowest BCUT2D eigenvalue weighted by molar-refractivity contribution is 0.608. The second kappa shape index (κ2) is 16.6. The first kappa shape index (κ1) is 35.5. The molecular formula is C53H51N. The molecule has 0 aliphatic heterocycles. The van der Waals surface area contributed by atoms with E-state index in [2.05, 4.69) is 165 Å². The lowest BCUT2D eigenvalue weighted by atomic mass is 9.74. The van der Waals surface area contributed by atoms with Gasteiger partial charge in [0.1, 0.15) is 0 Å². The molecule has 0 spiro atoms. The summed E-state index contributed by atoms with van der Waals surface area (Å²) in [5, 5.41) is 2.62. The summed E-state index contributed by atoms with van der Waals surface area (Å²) in [6.07, 6.45) is 36.1. The summed E-state index contributed by atoms with van der Waals surface area (Å²) in [6, 6.07) is 32.9. The molecule has 0 radical (unpaired) electrons. The Morgan fingerprint density at radius 3 is 2.11 bits per heavy atom. The zero-order chi connectivity index (χ0) is 36.7. The molecule has 1 heteroatoms. The van der Waals surface area contributed by atoms with Crippen molar-refractivity contribution in [2.24, 2.45) is 4.99 Å². The summed E-state index contributed by atoms with van der Waals surface area (Å²) < 4.78 is 0. The molecule has 4 aromatic carbocycles. The molecule has 0 fully saturated rings. The van der Waals surface area contributed by atoms with E-state index in [1.165, 1.54) is 50.3 Å². The van der Waals surface area contributed by atoms with Gasteiger partial charge in [-0.25, -0.2) is 0 Å². The van der Waals surface area contributed by atoms with E-state index in [9.17, 15) is 0 Å². The molecule has 54 heavy (non-hydrogen) atoms. The summed E-state index contributed by atoms with van der Waals surface area (Å²) in [5.74, 6) is 0.853. The molecule has 8 rings (SSSR count). The van der Waals surface area contributed by atoms with Crippen molar-refractivity contribution < 1.29 is 0 Å². The van der Waals surface area contributed by atoms with Crippen molar-refractivity contribution in [2.45, 2.75) is 76.5 Å². The maximum absolute atomic E-state index is 5.35. The number of hydrogen-bond donors (Lipinski definition) is 0. The van der Waals surface area contributed by atoms with E-state index >= 15 is 0 Å². The number of fused-ring (bicyclic) bond motifs is 1. The highest BCUT2D eigenvalue weighted by atomic mass is 14.8. The number of aliphatic imine (C=N–C) groups is 1. The topological polar surface area (TPSA) is 12.4 Å². The molecule has 268 valence electrons. The van der Waals surface area contributed by atoms with Gasteiger partial charge >= 0.3 is 0 Å². The third-order valence-electron chi connectivity index (χ3n) is 11.4. The Labute approximate surface area is 322 Å². The maximum atomic E-state index is 5.35. The smallest absolute Gasteiger partial charge is 0.0711 e. The molecule has 0 bridgehead atoms. The standard InChI is InChI=1S/C53H51N/c1-3-51(54-52(43-27-17-8-18-28-43)33-38(2)39-19-9-4-10-20-39)46-31-29-45-35-47(32-30-44(45)34-46)53-49(41-23-13-6-14-24-41)36-48(40-21-11-5-12-22-40)37-50(53)42-25-15-7-16-26-42/h4,6,8-11,13,15,17-22,25-31,33-37,41,47H,2-3,5,7,12,14,16,23-24,32H2,1H3/b52-33-,54-51+. The highest BCUT2D eigenvalue weighted by molar-refractivity contribution is 6.04. The summed E-state index contributed by atoms with van der Waals surface area (Å²) >= 11 is 0. The molecular weight excluding hydrogens is 651 g/mol. The largest absolute Gasteiger partial charge is 0.252 e. The van der Waals surface area contributed by atoms with Gasteiger partial charge in [-0.2, -0.15) is 0 Å². The van der Waals surface area contributed by atoms with Gasteiger partial charge in [0, 0.05) is 17.2 Å². The van der Waals surface area contributed by atoms with Crippen LogP contribution in [0.3, 0.4) is 0 Å². The predicted molar refractivity (Wildman–Crippen MR) is 234 cm³/mol. The Balaban J connectivity index is 1.20. The average Bonchev–Trinajstić information content (AvgIpc) is 3.25. The lowest BCUT2D eigenvalue weighted by Gasteiger charge is -2.30. The first-order chi connectivity index (χ1) is 26.6. The second-order valence-corrected chi connectivity index (χ2v) is 15.0. The first-order valence-electron chi connectivity index (χ1n) is 20.1. The zero-order valence-corrected chi connectivity index (χ0v) is 31.7. The van der Waals surface area contributed by atoms with Crippen molar-refractivity contribution in [2.75, 3.05) is 0 Å². The monoisotopic (exact) mass is 701 g/mol. The van der Waals surface area contributed by atoms with Crippen molar-refractivity contribution in [3.05, 3.63) is 202 Å². The zero-order valence-electron chi connectivity index (χ0n) is 31.7. The fourth-order valence-corrected chi connectivity index (χ4v) is 8.55. The minimum Gasteiger partial charge on any atom is -0.252 e. The third kappa shape index (κ3) is 7.87. The highest BCUT2D eigenvalue weighted by Crippen LogP contribution is 2.43. The third-order valence-corrected chi connectivity index (χ3v) is 11.4. The SMILES string of the molecule is C=C(/C=C(\N=C(/CC)c1ccc2c(c1)=CCC(c1c(C3=CCCC=C3)cc(C3=CCCC=C3)cc1C1CC=CCC1)C=2)c1ccccc1)c1ccccc1. The Hall–Kier alpha value is -5.53. The number of allylic oxidation sites excluding steroid dienone is 12. The van der Waals surface area contributed by atoms with Crippen LogP contribution < -0.4 is 10.4 Å². The molecule has 0 saturated carbocycles. The van der Waals surface area contributed by atoms with Crippen LogP contribution in [0.5, 0.6) is 0 Å². The van der Waals surface area contributed by atoms with E-state index in [-0.39, 0.29) is 0 Å². The molecule has 2 unspecified atom stereocenters. The lowest BCUT2D eigenvalue weighted by Crippen LogP contribution is -2.30. The van der Waals surface area contributed by atoms with Crippen LogP contribution in [0.4, 0.5) is 0 Å². The summed E-state index contributed by atoms with van der Waals surface area (Å²) in [6.45, 7) is 6.62. The molecule has 0 amide bonds. The van der Waals surface area contributed by atoms with Crippen LogP contribution in [0.2, 0.25) is 0 Å². The number of benzene rings is 4. The van der Waals surface area contributed by atoms with Gasteiger partial charge in [0.2, 0.25) is 0 Å². The molecule has 0 aromatic heterocycles. The maximum Gasteiger partial charge on any atom is 0.0711 e. The quantitative estimate of drug-likeness (QED) is 0.0887. The van der Waals surface area contributed by atoms with Gasteiger partial charge in [0.05, 0.1) is 5.70 Å². The normalized spacial score (nSPS) is 19.6. The second-order valence-electron chi connectivity index (χ2n) is 15.0. The van der Waals surface area contributed by atoms with E-state index in [4.69, 9.17) is 4.99 Å². The summed E-state index contributed by atoms with van der Waals surface area (Å²) in [4.78, 5) is 5.35. The van der Waals surface area contributed by atoms with Gasteiger partial charge in [-0.05, 0) is 142 Å². The van der Waals surface area contributed by atoms with Gasteiger partial charge in [-0.15, -0.1) is 0 Å². The molecule has 0 N–H and O–H groups in total. The summed E-state index contributed by atoms with van der Waals surface area (Å²) in [5.41, 5.74) is 15.0. The minimum absolute atomic E-state index is 0.316. The number of hydrogen-bond acceptors (Lipinski definition) is 1. The van der Waals surface area contributed by atoms with Crippen LogP contribution >= 0.6 is 0 Å². The van der Waals surface area contributed by atoms with Crippen LogP contribution in [-0.4, -0.2) is 5.71 Å². The molecule has 1 nitrogen and oxygen atoms in total. The van der Waals surface area contributed by atoms with Gasteiger partial charge in [-0.3, -0.25) is 4.99 Å². The minimum atomic E-state index is 0.316. The first-order valence-corrected chi connectivity index (χ1v) is 20.1. The van der Waals surface area contributed by atoms with Gasteiger partial charge < -0.3 is 0 Å². The van der Waals surface area contributed by atoms with E-state index < -0.39 is 0 Å². The van der Waals surface area contributed by atoms with Crippen molar-refractivity contribution in [1.82, 2.24) is 0 Å². The van der Waals surface area contributed by atoms with Crippen molar-refractivity contribution in [3.63, 3.8) is 0 Å². The summed E-state index contributed by atoms with van der Waals surface area (Å²) in [7, 11) is 0. The number of rotatable bonds is 10. The van der Waals surface area contributed by atoms with Gasteiger partial charge in [-0.1, -0.05) is 153 Å². The van der Waals surface area contributed by atoms with E-state index in [1.54, 1.807) is 5.56 Å². The highest BCUT2D eigenvalue weighted by Gasteiger charge is 2.26. The molecule has 4 aliphatic carbocycles. The fraction of sp³-hybridized carbons (Fsp3) is 0.226. The molecule has 0 saturated heterocycles. The Morgan fingerprint density at radius 2 is 1.43 bits per heavy atom. The Morgan fingerprint density at radius 1 is 0.685 bits per heavy atom. The van der Waals surface area contributed by atoms with Crippen LogP contribution in [0.15, 0.2) is 157 Å². The van der Waals surface area contributed by atoms with E-state index in [1.807, 2.05) is 6.07 Å². The fourth-order valence-electron chi connectivity index (χ4n) is 8.55. The van der Waals surface area contributed by atoms with Crippen molar-refractivity contribution in [3.8, 4) is 0 Å². The molecule has 4 aromatic rings. The number of nitrogens with zero attached hydrogens (tertiary/aromatic N) is 1. The predicted octanol–water partition coefficient (Wildman–Crippen LogP) is 12.7. The van der Waals surface area contributed by atoms with E-state index in [0.717, 1.165) is 79.5 Å². The molecule has 2 atom stereocenters. The average molecular weight is 702 g/mol. The molecule has 4 aliphatic rings. The van der Waals surface area contributed by atoms with Crippen LogP contribution in [0, 0.1) is 0 Å². The van der Waals surface area contributed by atoms with Gasteiger partial charge in [0.25, 0.3) is 0 Å².